The Bertz CT molecular complexity index is 863. The van der Waals surface area contributed by atoms with Gasteiger partial charge in [0, 0.05) is 16.6 Å². The second-order valence-electron chi connectivity index (χ2n) is 5.50. The smallest absolute Gasteiger partial charge is 0.205 e. The Hall–Kier alpha value is -2.20. The molecule has 2 aromatic heterocycles. The average Bonchev–Trinajstić information content (AvgIpc) is 2.83. The Morgan fingerprint density at radius 3 is 2.55 bits per heavy atom. The molecular weight excluding hydrogens is 292 g/mol. The quantitative estimate of drug-likeness (QED) is 0.734. The molecule has 112 valence electrons. The van der Waals surface area contributed by atoms with Gasteiger partial charge in [-0.3, -0.25) is 4.79 Å². The van der Waals surface area contributed by atoms with Crippen LogP contribution in [0.2, 0.25) is 0 Å². The van der Waals surface area contributed by atoms with E-state index in [9.17, 15) is 4.79 Å². The normalized spacial score (nSPS) is 11.0. The summed E-state index contributed by atoms with van der Waals surface area (Å²) in [6.07, 6.45) is 0.876. The van der Waals surface area contributed by atoms with Gasteiger partial charge in [-0.15, -0.1) is 11.3 Å². The molecule has 0 aliphatic rings. The lowest BCUT2D eigenvalue weighted by Gasteiger charge is -2.02. The zero-order chi connectivity index (χ0) is 15.9. The summed E-state index contributed by atoms with van der Waals surface area (Å²) in [5.74, 6) is -0.0313. The van der Waals surface area contributed by atoms with Crippen LogP contribution in [0.4, 0.5) is 5.69 Å². The van der Waals surface area contributed by atoms with Crippen molar-refractivity contribution in [3.63, 3.8) is 0 Å². The van der Waals surface area contributed by atoms with Gasteiger partial charge in [0.25, 0.3) is 0 Å². The minimum atomic E-state index is -0.0313. The van der Waals surface area contributed by atoms with Crippen LogP contribution in [0.5, 0.6) is 0 Å². The fourth-order valence-electron chi connectivity index (χ4n) is 2.54. The summed E-state index contributed by atoms with van der Waals surface area (Å²) in [6.45, 7) is 6.11. The number of hydrogen-bond donors (Lipinski definition) is 1. The number of fused-ring (bicyclic) bond motifs is 1. The van der Waals surface area contributed by atoms with Gasteiger partial charge in [0.05, 0.1) is 5.69 Å². The predicted molar refractivity (Wildman–Crippen MR) is 92.8 cm³/mol. The fraction of sp³-hybridized carbons (Fsp3) is 0.222. The molecule has 3 nitrogen and oxygen atoms in total. The third-order valence-electron chi connectivity index (χ3n) is 3.87. The molecule has 3 aromatic rings. The van der Waals surface area contributed by atoms with Crippen molar-refractivity contribution in [3.05, 3.63) is 57.6 Å². The number of carbonyl (C=O) groups is 1. The molecule has 0 aliphatic heterocycles. The number of nitrogen functional groups attached to an aromatic ring is 1. The Morgan fingerprint density at radius 1 is 1.23 bits per heavy atom. The second kappa shape index (κ2) is 5.54. The van der Waals surface area contributed by atoms with E-state index < -0.39 is 0 Å². The Balaban J connectivity index is 2.13. The van der Waals surface area contributed by atoms with Crippen molar-refractivity contribution in [1.29, 1.82) is 0 Å². The van der Waals surface area contributed by atoms with Gasteiger partial charge in [0.15, 0.2) is 0 Å². The summed E-state index contributed by atoms with van der Waals surface area (Å²) in [5.41, 5.74) is 10.7. The maximum absolute atomic E-state index is 12.7. The highest BCUT2D eigenvalue weighted by Gasteiger charge is 2.19. The van der Waals surface area contributed by atoms with Gasteiger partial charge in [0.1, 0.15) is 9.71 Å². The lowest BCUT2D eigenvalue weighted by atomic mass is 10.1. The van der Waals surface area contributed by atoms with Crippen LogP contribution in [-0.2, 0) is 6.42 Å². The maximum Gasteiger partial charge on any atom is 0.205 e. The molecule has 0 spiro atoms. The largest absolute Gasteiger partial charge is 0.397 e. The summed E-state index contributed by atoms with van der Waals surface area (Å²) in [6, 6.07) is 9.61. The summed E-state index contributed by atoms with van der Waals surface area (Å²) < 4.78 is 0. The first kappa shape index (κ1) is 14.7. The summed E-state index contributed by atoms with van der Waals surface area (Å²) >= 11 is 1.38. The van der Waals surface area contributed by atoms with Crippen molar-refractivity contribution in [2.75, 3.05) is 5.73 Å². The third kappa shape index (κ3) is 2.40. The number of benzene rings is 1. The van der Waals surface area contributed by atoms with Gasteiger partial charge < -0.3 is 5.73 Å². The molecule has 0 amide bonds. The van der Waals surface area contributed by atoms with Crippen molar-refractivity contribution in [2.24, 2.45) is 0 Å². The number of thiophene rings is 1. The van der Waals surface area contributed by atoms with Gasteiger partial charge in [-0.25, -0.2) is 4.98 Å². The number of aryl methyl sites for hydroxylation is 3. The van der Waals surface area contributed by atoms with Crippen molar-refractivity contribution in [1.82, 2.24) is 4.98 Å². The molecule has 0 bridgehead atoms. The molecule has 0 fully saturated rings. The molecule has 3 rings (SSSR count). The van der Waals surface area contributed by atoms with Crippen molar-refractivity contribution >= 4 is 33.0 Å². The molecule has 0 aliphatic carbocycles. The molecule has 2 heterocycles. The van der Waals surface area contributed by atoms with Crippen LogP contribution in [0.25, 0.3) is 10.2 Å². The second-order valence-corrected chi connectivity index (χ2v) is 6.50. The number of anilines is 1. The highest BCUT2D eigenvalue weighted by atomic mass is 32.1. The Kier molecular flexibility index (Phi) is 3.71. The minimum Gasteiger partial charge on any atom is -0.397 e. The van der Waals surface area contributed by atoms with Crippen LogP contribution in [-0.4, -0.2) is 10.8 Å². The standard InChI is InChI=1S/C18H18N2OS/c1-4-14-11(3)9-13-15(19)17(22-18(13)20-14)16(21)12-7-5-10(2)6-8-12/h5-9H,4,19H2,1-3H3. The van der Waals surface area contributed by atoms with Crippen LogP contribution >= 0.6 is 11.3 Å². The highest BCUT2D eigenvalue weighted by molar-refractivity contribution is 7.21. The van der Waals surface area contributed by atoms with Crippen LogP contribution in [0.3, 0.4) is 0 Å². The number of aromatic nitrogens is 1. The molecule has 1 aromatic carbocycles. The zero-order valence-corrected chi connectivity index (χ0v) is 13.8. The highest BCUT2D eigenvalue weighted by Crippen LogP contribution is 2.35. The molecule has 0 radical (unpaired) electrons. The van der Waals surface area contributed by atoms with Crippen LogP contribution in [0.1, 0.15) is 39.0 Å². The number of carbonyl (C=O) groups excluding carboxylic acids is 1. The van der Waals surface area contributed by atoms with Crippen LogP contribution in [0, 0.1) is 13.8 Å². The van der Waals surface area contributed by atoms with Crippen LogP contribution in [0.15, 0.2) is 30.3 Å². The first-order valence-electron chi connectivity index (χ1n) is 7.31. The third-order valence-corrected chi connectivity index (χ3v) is 4.99. The van der Waals surface area contributed by atoms with Gasteiger partial charge >= 0.3 is 0 Å². The van der Waals surface area contributed by atoms with E-state index in [0.717, 1.165) is 33.5 Å². The lowest BCUT2D eigenvalue weighted by Crippen LogP contribution is -2.02. The molecule has 22 heavy (non-hydrogen) atoms. The van der Waals surface area contributed by atoms with Gasteiger partial charge in [0.2, 0.25) is 5.78 Å². The molecule has 0 saturated carbocycles. The van der Waals surface area contributed by atoms with E-state index in [0.29, 0.717) is 16.1 Å². The first-order chi connectivity index (χ1) is 10.5. The number of nitrogens with two attached hydrogens (primary N) is 1. The van der Waals surface area contributed by atoms with Crippen LogP contribution < -0.4 is 5.73 Å². The lowest BCUT2D eigenvalue weighted by molar-refractivity contribution is 0.104. The van der Waals surface area contributed by atoms with Crippen molar-refractivity contribution in [3.8, 4) is 0 Å². The van der Waals surface area contributed by atoms with E-state index in [1.165, 1.54) is 11.3 Å². The number of nitrogens with zero attached hydrogens (tertiary/aromatic N) is 1. The van der Waals surface area contributed by atoms with E-state index in [4.69, 9.17) is 5.73 Å². The molecule has 4 heteroatoms. The van der Waals surface area contributed by atoms with Gasteiger partial charge in [-0.05, 0) is 31.9 Å². The first-order valence-corrected chi connectivity index (χ1v) is 8.12. The van der Waals surface area contributed by atoms with Gasteiger partial charge in [-0.1, -0.05) is 36.8 Å². The van der Waals surface area contributed by atoms with E-state index in [2.05, 4.69) is 11.9 Å². The SMILES string of the molecule is CCc1nc2sc(C(=O)c3ccc(C)cc3)c(N)c2cc1C. The van der Waals surface area contributed by atoms with E-state index in [-0.39, 0.29) is 5.78 Å². The zero-order valence-electron chi connectivity index (χ0n) is 12.9. The fourth-order valence-corrected chi connectivity index (χ4v) is 3.60. The number of pyridine rings is 1. The number of hydrogen-bond acceptors (Lipinski definition) is 4. The maximum atomic E-state index is 12.7. The van der Waals surface area contributed by atoms with Crippen molar-refractivity contribution in [2.45, 2.75) is 27.2 Å². The van der Waals surface area contributed by atoms with E-state index in [1.807, 2.05) is 44.2 Å². The summed E-state index contributed by atoms with van der Waals surface area (Å²) in [7, 11) is 0. The Morgan fingerprint density at radius 2 is 1.91 bits per heavy atom. The summed E-state index contributed by atoms with van der Waals surface area (Å²) in [5, 5.41) is 0.884. The number of ketones is 1. The average molecular weight is 310 g/mol. The molecule has 0 saturated heterocycles. The molecular formula is C18H18N2OS. The topological polar surface area (TPSA) is 56.0 Å². The minimum absolute atomic E-state index is 0.0313. The molecule has 0 atom stereocenters. The number of rotatable bonds is 3. The predicted octanol–water partition coefficient (Wildman–Crippen LogP) is 4.29. The monoisotopic (exact) mass is 310 g/mol. The van der Waals surface area contributed by atoms with E-state index in [1.54, 1.807) is 0 Å². The van der Waals surface area contributed by atoms with E-state index >= 15 is 0 Å². The van der Waals surface area contributed by atoms with Gasteiger partial charge in [-0.2, -0.15) is 0 Å². The molecule has 0 unspecified atom stereocenters. The Labute approximate surface area is 133 Å². The van der Waals surface area contributed by atoms with Crippen molar-refractivity contribution < 1.29 is 4.79 Å². The summed E-state index contributed by atoms with van der Waals surface area (Å²) in [4.78, 5) is 18.8. The molecule has 2 N–H and O–H groups in total.